The van der Waals surface area contributed by atoms with E-state index in [-0.39, 0.29) is 17.3 Å². The topological polar surface area (TPSA) is 63.7 Å². The molecule has 7 heteroatoms. The van der Waals surface area contributed by atoms with Crippen LogP contribution in [0.4, 0.5) is 9.18 Å². The van der Waals surface area contributed by atoms with E-state index in [0.29, 0.717) is 22.4 Å². The molecule has 0 aromatic heterocycles. The maximum Gasteiger partial charge on any atom is 0.343 e. The number of thioether (sulfide) groups is 1. The summed E-state index contributed by atoms with van der Waals surface area (Å²) in [5.74, 6) is -0.970. The van der Waals surface area contributed by atoms with Crippen LogP contribution >= 0.6 is 11.8 Å². The molecule has 31 heavy (non-hydrogen) atoms. The first-order chi connectivity index (χ1) is 15.0. The SMILES string of the molecule is O=C(Oc1cccc(/C=C2\SC(=O)N(Cc3ccc(F)cc3)C2=O)c1)c1ccccc1. The van der Waals surface area contributed by atoms with Crippen LogP contribution in [-0.4, -0.2) is 22.0 Å². The average Bonchev–Trinajstić information content (AvgIpc) is 3.03. The van der Waals surface area contributed by atoms with Crippen molar-refractivity contribution in [3.8, 4) is 5.75 Å². The number of hydrogen-bond acceptors (Lipinski definition) is 5. The molecule has 1 aliphatic rings. The fourth-order valence-electron chi connectivity index (χ4n) is 2.97. The van der Waals surface area contributed by atoms with Gasteiger partial charge in [0.2, 0.25) is 0 Å². The Morgan fingerprint density at radius 1 is 0.968 bits per heavy atom. The number of carbonyl (C=O) groups is 3. The van der Waals surface area contributed by atoms with Gasteiger partial charge in [0.15, 0.2) is 0 Å². The number of nitrogens with zero attached hydrogens (tertiary/aromatic N) is 1. The van der Waals surface area contributed by atoms with Gasteiger partial charge < -0.3 is 4.74 Å². The van der Waals surface area contributed by atoms with E-state index >= 15 is 0 Å². The van der Waals surface area contributed by atoms with Crippen LogP contribution in [0.1, 0.15) is 21.5 Å². The lowest BCUT2D eigenvalue weighted by atomic mass is 10.2. The van der Waals surface area contributed by atoms with Crippen LogP contribution in [0.15, 0.2) is 83.8 Å². The first kappa shape index (κ1) is 20.6. The molecule has 5 nitrogen and oxygen atoms in total. The number of rotatable bonds is 5. The molecule has 0 bridgehead atoms. The van der Waals surface area contributed by atoms with E-state index in [0.717, 1.165) is 16.7 Å². The van der Waals surface area contributed by atoms with E-state index in [2.05, 4.69) is 0 Å². The Kier molecular flexibility index (Phi) is 5.95. The van der Waals surface area contributed by atoms with Crippen molar-refractivity contribution < 1.29 is 23.5 Å². The van der Waals surface area contributed by atoms with Crippen LogP contribution in [0, 0.1) is 5.82 Å². The second-order valence-corrected chi connectivity index (χ2v) is 7.72. The van der Waals surface area contributed by atoms with Gasteiger partial charge in [-0.3, -0.25) is 14.5 Å². The fourth-order valence-corrected chi connectivity index (χ4v) is 3.81. The molecule has 0 saturated carbocycles. The van der Waals surface area contributed by atoms with Crippen LogP contribution in [-0.2, 0) is 11.3 Å². The van der Waals surface area contributed by atoms with Crippen molar-refractivity contribution in [1.29, 1.82) is 0 Å². The molecule has 1 saturated heterocycles. The average molecular weight is 433 g/mol. The van der Waals surface area contributed by atoms with Gasteiger partial charge >= 0.3 is 5.97 Å². The molecule has 3 aromatic carbocycles. The number of imide groups is 1. The summed E-state index contributed by atoms with van der Waals surface area (Å²) in [6.45, 7) is 0.0665. The summed E-state index contributed by atoms with van der Waals surface area (Å²) in [6, 6.07) is 20.9. The first-order valence-electron chi connectivity index (χ1n) is 9.37. The Hall–Kier alpha value is -3.71. The number of benzene rings is 3. The minimum atomic E-state index is -0.489. The molecule has 0 spiro atoms. The molecule has 1 fully saturated rings. The summed E-state index contributed by atoms with van der Waals surface area (Å²) in [4.78, 5) is 38.6. The third kappa shape index (κ3) is 4.90. The van der Waals surface area contributed by atoms with Crippen molar-refractivity contribution >= 4 is 35.0 Å². The minimum absolute atomic E-state index is 0.0665. The number of esters is 1. The van der Waals surface area contributed by atoms with Gasteiger partial charge in [-0.25, -0.2) is 9.18 Å². The van der Waals surface area contributed by atoms with Gasteiger partial charge in [-0.1, -0.05) is 42.5 Å². The molecule has 0 N–H and O–H groups in total. The van der Waals surface area contributed by atoms with Crippen molar-refractivity contribution in [2.45, 2.75) is 6.54 Å². The van der Waals surface area contributed by atoms with Crippen LogP contribution < -0.4 is 4.74 Å². The van der Waals surface area contributed by atoms with Gasteiger partial charge in [0.05, 0.1) is 17.0 Å². The minimum Gasteiger partial charge on any atom is -0.423 e. The highest BCUT2D eigenvalue weighted by atomic mass is 32.2. The zero-order valence-electron chi connectivity index (χ0n) is 16.2. The zero-order valence-corrected chi connectivity index (χ0v) is 17.0. The van der Waals surface area contributed by atoms with Gasteiger partial charge in [0.25, 0.3) is 11.1 Å². The number of carbonyl (C=O) groups excluding carboxylic acids is 3. The molecule has 0 unspecified atom stereocenters. The summed E-state index contributed by atoms with van der Waals surface area (Å²) < 4.78 is 18.5. The summed E-state index contributed by atoms with van der Waals surface area (Å²) in [7, 11) is 0. The highest BCUT2D eigenvalue weighted by Crippen LogP contribution is 2.33. The van der Waals surface area contributed by atoms with Gasteiger partial charge in [0.1, 0.15) is 11.6 Å². The maximum atomic E-state index is 13.1. The summed E-state index contributed by atoms with van der Waals surface area (Å²) in [5, 5.41) is -0.396. The molecule has 0 aliphatic carbocycles. The predicted molar refractivity (Wildman–Crippen MR) is 116 cm³/mol. The Balaban J connectivity index is 1.49. The second kappa shape index (κ2) is 8.97. The summed E-state index contributed by atoms with van der Waals surface area (Å²) >= 11 is 0.832. The van der Waals surface area contributed by atoms with Gasteiger partial charge in [-0.05, 0) is 65.4 Å². The van der Waals surface area contributed by atoms with Crippen LogP contribution in [0.5, 0.6) is 5.75 Å². The van der Waals surface area contributed by atoms with E-state index in [1.165, 1.54) is 24.3 Å². The Morgan fingerprint density at radius 2 is 1.71 bits per heavy atom. The monoisotopic (exact) mass is 433 g/mol. The Bertz CT molecular complexity index is 1180. The van der Waals surface area contributed by atoms with Crippen molar-refractivity contribution in [1.82, 2.24) is 4.90 Å². The summed E-state index contributed by atoms with van der Waals surface area (Å²) in [5.41, 5.74) is 1.69. The highest BCUT2D eigenvalue weighted by molar-refractivity contribution is 8.18. The van der Waals surface area contributed by atoms with E-state index in [1.54, 1.807) is 60.7 Å². The van der Waals surface area contributed by atoms with Gasteiger partial charge in [0, 0.05) is 0 Å². The number of amides is 2. The van der Waals surface area contributed by atoms with Crippen molar-refractivity contribution in [3.05, 3.63) is 106 Å². The molecule has 0 atom stereocenters. The molecular formula is C24H16FNO4S. The zero-order chi connectivity index (χ0) is 21.8. The summed E-state index contributed by atoms with van der Waals surface area (Å²) in [6.07, 6.45) is 1.58. The number of ether oxygens (including phenoxy) is 1. The maximum absolute atomic E-state index is 13.1. The molecular weight excluding hydrogens is 417 g/mol. The van der Waals surface area contributed by atoms with Crippen molar-refractivity contribution in [3.63, 3.8) is 0 Å². The van der Waals surface area contributed by atoms with E-state index in [1.807, 2.05) is 0 Å². The molecule has 154 valence electrons. The first-order valence-corrected chi connectivity index (χ1v) is 10.2. The van der Waals surface area contributed by atoms with Crippen molar-refractivity contribution in [2.24, 2.45) is 0 Å². The van der Waals surface area contributed by atoms with Crippen molar-refractivity contribution in [2.75, 3.05) is 0 Å². The van der Waals surface area contributed by atoms with E-state index in [4.69, 9.17) is 4.74 Å². The lowest BCUT2D eigenvalue weighted by molar-refractivity contribution is -0.123. The van der Waals surface area contributed by atoms with Gasteiger partial charge in [-0.15, -0.1) is 0 Å². The molecule has 4 rings (SSSR count). The van der Waals surface area contributed by atoms with E-state index in [9.17, 15) is 18.8 Å². The van der Waals surface area contributed by atoms with E-state index < -0.39 is 17.1 Å². The third-order valence-corrected chi connectivity index (χ3v) is 5.41. The normalized spacial score (nSPS) is 14.9. The van der Waals surface area contributed by atoms with Gasteiger partial charge in [-0.2, -0.15) is 0 Å². The quantitative estimate of drug-likeness (QED) is 0.311. The van der Waals surface area contributed by atoms with Crippen LogP contribution in [0.2, 0.25) is 0 Å². The molecule has 2 amide bonds. The lowest BCUT2D eigenvalue weighted by Gasteiger charge is -2.12. The second-order valence-electron chi connectivity index (χ2n) is 6.72. The molecule has 1 heterocycles. The highest BCUT2D eigenvalue weighted by Gasteiger charge is 2.35. The van der Waals surface area contributed by atoms with Crippen LogP contribution in [0.25, 0.3) is 6.08 Å². The predicted octanol–water partition coefficient (Wildman–Crippen LogP) is 5.28. The molecule has 1 aliphatic heterocycles. The Labute approximate surface area is 182 Å². The Morgan fingerprint density at radius 3 is 2.45 bits per heavy atom. The third-order valence-electron chi connectivity index (χ3n) is 4.50. The largest absolute Gasteiger partial charge is 0.423 e. The standard InChI is InChI=1S/C24H16FNO4S/c25-19-11-9-16(10-12-19)15-26-22(27)21(31-24(26)29)14-17-5-4-8-20(13-17)30-23(28)18-6-2-1-3-7-18/h1-14H,15H2/b21-14-. The number of halogens is 1. The lowest BCUT2D eigenvalue weighted by Crippen LogP contribution is -2.27. The molecule has 0 radical (unpaired) electrons. The number of hydrogen-bond donors (Lipinski definition) is 0. The smallest absolute Gasteiger partial charge is 0.343 e. The molecule has 3 aromatic rings. The fraction of sp³-hybridized carbons (Fsp3) is 0.0417. The van der Waals surface area contributed by atoms with Crippen LogP contribution in [0.3, 0.4) is 0 Å².